The van der Waals surface area contributed by atoms with Crippen molar-refractivity contribution in [2.24, 2.45) is 0 Å². The number of anilines is 1. The smallest absolute Gasteiger partial charge is 0.233 e. The number of hydrogen-bond acceptors (Lipinski definition) is 4. The van der Waals surface area contributed by atoms with Gasteiger partial charge in [-0.3, -0.25) is 0 Å². The summed E-state index contributed by atoms with van der Waals surface area (Å²) in [6, 6.07) is 10.8. The third-order valence-corrected chi connectivity index (χ3v) is 3.18. The molecule has 102 valence electrons. The second kappa shape index (κ2) is 5.06. The summed E-state index contributed by atoms with van der Waals surface area (Å²) in [6.45, 7) is 2.20. The molecule has 0 fully saturated rings. The zero-order chi connectivity index (χ0) is 14.1. The van der Waals surface area contributed by atoms with Crippen molar-refractivity contribution >= 4 is 28.4 Å². The van der Waals surface area contributed by atoms with Gasteiger partial charge in [0.2, 0.25) is 5.89 Å². The van der Waals surface area contributed by atoms with Gasteiger partial charge in [0, 0.05) is 10.7 Å². The molecule has 2 aromatic carbocycles. The zero-order valence-corrected chi connectivity index (χ0v) is 11.6. The second-order valence-corrected chi connectivity index (χ2v) is 4.97. The maximum Gasteiger partial charge on any atom is 0.233 e. The number of ether oxygens (including phenoxy) is 1. The minimum Gasteiger partial charge on any atom is -0.484 e. The molecule has 3 aromatic rings. The lowest BCUT2D eigenvalue weighted by molar-refractivity contribution is 0.265. The molecule has 0 aliphatic rings. The van der Waals surface area contributed by atoms with Crippen LogP contribution in [0.25, 0.3) is 11.1 Å². The van der Waals surface area contributed by atoms with E-state index in [1.165, 1.54) is 0 Å². The van der Waals surface area contributed by atoms with Crippen LogP contribution in [0.5, 0.6) is 5.75 Å². The van der Waals surface area contributed by atoms with Crippen LogP contribution in [0.1, 0.15) is 11.5 Å². The van der Waals surface area contributed by atoms with Gasteiger partial charge in [-0.15, -0.1) is 0 Å². The van der Waals surface area contributed by atoms with Gasteiger partial charge in [0.1, 0.15) is 11.3 Å². The average molecular weight is 289 g/mol. The van der Waals surface area contributed by atoms with Crippen LogP contribution in [0.2, 0.25) is 5.02 Å². The summed E-state index contributed by atoms with van der Waals surface area (Å²) in [5, 5.41) is 0.687. The number of benzene rings is 2. The number of nitrogens with two attached hydrogens (primary N) is 1. The fraction of sp³-hybridized carbons (Fsp3) is 0.133. The number of rotatable bonds is 3. The van der Waals surface area contributed by atoms with E-state index in [1.54, 1.807) is 24.3 Å². The van der Waals surface area contributed by atoms with E-state index < -0.39 is 0 Å². The first-order chi connectivity index (χ1) is 9.61. The summed E-state index contributed by atoms with van der Waals surface area (Å²) < 4.78 is 11.3. The van der Waals surface area contributed by atoms with Gasteiger partial charge in [0.15, 0.2) is 12.2 Å². The lowest BCUT2D eigenvalue weighted by atomic mass is 10.2. The Kier molecular flexibility index (Phi) is 3.24. The fourth-order valence-corrected chi connectivity index (χ4v) is 2.19. The fourth-order valence-electron chi connectivity index (χ4n) is 1.97. The molecule has 5 heteroatoms. The molecule has 3 rings (SSSR count). The SMILES string of the molecule is Cc1cc(Cl)ccc1OCc1nc2cc(N)ccc2o1. The highest BCUT2D eigenvalue weighted by atomic mass is 35.5. The summed E-state index contributed by atoms with van der Waals surface area (Å²) in [5.41, 5.74) is 8.77. The third kappa shape index (κ3) is 2.56. The molecule has 2 N–H and O–H groups in total. The molecule has 0 saturated heterocycles. The largest absolute Gasteiger partial charge is 0.484 e. The van der Waals surface area contributed by atoms with Gasteiger partial charge < -0.3 is 14.9 Å². The molecule has 1 heterocycles. The van der Waals surface area contributed by atoms with Gasteiger partial charge in [-0.2, -0.15) is 0 Å². The number of hydrogen-bond donors (Lipinski definition) is 1. The molecule has 20 heavy (non-hydrogen) atoms. The molecule has 0 radical (unpaired) electrons. The van der Waals surface area contributed by atoms with Crippen molar-refractivity contribution in [3.63, 3.8) is 0 Å². The van der Waals surface area contributed by atoms with Gasteiger partial charge in [-0.25, -0.2) is 4.98 Å². The van der Waals surface area contributed by atoms with Crippen molar-refractivity contribution in [3.05, 3.63) is 52.9 Å². The summed E-state index contributed by atoms with van der Waals surface area (Å²) in [5.74, 6) is 1.27. The minimum atomic E-state index is 0.261. The van der Waals surface area contributed by atoms with Crippen LogP contribution in [0.15, 0.2) is 40.8 Å². The Morgan fingerprint density at radius 1 is 1.25 bits per heavy atom. The Hall–Kier alpha value is -2.20. The molecular weight excluding hydrogens is 276 g/mol. The van der Waals surface area contributed by atoms with Crippen LogP contribution in [-0.4, -0.2) is 4.98 Å². The van der Waals surface area contributed by atoms with E-state index in [0.29, 0.717) is 22.2 Å². The Bertz CT molecular complexity index is 768. The molecule has 0 aliphatic heterocycles. The molecule has 0 unspecified atom stereocenters. The maximum atomic E-state index is 5.90. The monoisotopic (exact) mass is 288 g/mol. The van der Waals surface area contributed by atoms with E-state index in [4.69, 9.17) is 26.5 Å². The van der Waals surface area contributed by atoms with E-state index in [0.717, 1.165) is 16.8 Å². The third-order valence-electron chi connectivity index (χ3n) is 2.94. The number of fused-ring (bicyclic) bond motifs is 1. The quantitative estimate of drug-likeness (QED) is 0.741. The summed E-state index contributed by atoms with van der Waals surface area (Å²) in [4.78, 5) is 4.34. The van der Waals surface area contributed by atoms with Gasteiger partial charge in [-0.1, -0.05) is 11.6 Å². The van der Waals surface area contributed by atoms with Gasteiger partial charge >= 0.3 is 0 Å². The first-order valence-electron chi connectivity index (χ1n) is 6.16. The first-order valence-corrected chi connectivity index (χ1v) is 6.53. The number of nitrogens with zero attached hydrogens (tertiary/aromatic N) is 1. The number of oxazole rings is 1. The van der Waals surface area contributed by atoms with E-state index in [2.05, 4.69) is 4.98 Å². The molecule has 1 aromatic heterocycles. The number of nitrogen functional groups attached to an aromatic ring is 1. The Morgan fingerprint density at radius 3 is 2.90 bits per heavy atom. The number of aryl methyl sites for hydroxylation is 1. The van der Waals surface area contributed by atoms with E-state index >= 15 is 0 Å². The highest BCUT2D eigenvalue weighted by Crippen LogP contribution is 2.24. The molecule has 4 nitrogen and oxygen atoms in total. The van der Waals surface area contributed by atoms with Crippen molar-refractivity contribution in [2.45, 2.75) is 13.5 Å². The lowest BCUT2D eigenvalue weighted by Gasteiger charge is -2.06. The maximum absolute atomic E-state index is 5.90. The summed E-state index contributed by atoms with van der Waals surface area (Å²) >= 11 is 5.90. The molecule has 0 atom stereocenters. The van der Waals surface area contributed by atoms with Gasteiger partial charge in [0.25, 0.3) is 0 Å². The topological polar surface area (TPSA) is 61.3 Å². The second-order valence-electron chi connectivity index (χ2n) is 4.53. The van der Waals surface area contributed by atoms with E-state index in [9.17, 15) is 0 Å². The normalized spacial score (nSPS) is 10.9. The molecular formula is C15H13ClN2O2. The van der Waals surface area contributed by atoms with Crippen molar-refractivity contribution in [1.29, 1.82) is 0 Å². The van der Waals surface area contributed by atoms with Gasteiger partial charge in [-0.05, 0) is 48.9 Å². The van der Waals surface area contributed by atoms with Crippen molar-refractivity contribution < 1.29 is 9.15 Å². The Balaban J connectivity index is 1.79. The average Bonchev–Trinajstić information content (AvgIpc) is 2.79. The van der Waals surface area contributed by atoms with E-state index in [-0.39, 0.29) is 6.61 Å². The highest BCUT2D eigenvalue weighted by Gasteiger charge is 2.08. The van der Waals surface area contributed by atoms with Crippen LogP contribution in [0, 0.1) is 6.92 Å². The number of aromatic nitrogens is 1. The number of halogens is 1. The summed E-state index contributed by atoms with van der Waals surface area (Å²) in [7, 11) is 0. The van der Waals surface area contributed by atoms with Crippen LogP contribution >= 0.6 is 11.6 Å². The zero-order valence-electron chi connectivity index (χ0n) is 10.9. The first kappa shape index (κ1) is 12.8. The molecule has 0 spiro atoms. The highest BCUT2D eigenvalue weighted by molar-refractivity contribution is 6.30. The minimum absolute atomic E-state index is 0.261. The molecule has 0 aliphatic carbocycles. The van der Waals surface area contributed by atoms with Crippen molar-refractivity contribution in [2.75, 3.05) is 5.73 Å². The van der Waals surface area contributed by atoms with Crippen molar-refractivity contribution in [3.8, 4) is 5.75 Å². The van der Waals surface area contributed by atoms with Crippen molar-refractivity contribution in [1.82, 2.24) is 4.98 Å². The van der Waals surface area contributed by atoms with Crippen LogP contribution in [0.4, 0.5) is 5.69 Å². The predicted molar refractivity (Wildman–Crippen MR) is 78.9 cm³/mol. The van der Waals surface area contributed by atoms with E-state index in [1.807, 2.05) is 19.1 Å². The molecule has 0 amide bonds. The van der Waals surface area contributed by atoms with Gasteiger partial charge in [0.05, 0.1) is 0 Å². The molecule has 0 saturated carbocycles. The Labute approximate surface area is 121 Å². The molecule has 0 bridgehead atoms. The van der Waals surface area contributed by atoms with Crippen LogP contribution in [-0.2, 0) is 6.61 Å². The lowest BCUT2D eigenvalue weighted by Crippen LogP contribution is -1.97. The standard InChI is InChI=1S/C15H13ClN2O2/c1-9-6-10(16)2-4-13(9)19-8-15-18-12-7-11(17)3-5-14(12)20-15/h2-7H,8,17H2,1H3. The summed E-state index contributed by atoms with van der Waals surface area (Å²) in [6.07, 6.45) is 0. The van der Waals surface area contributed by atoms with Crippen LogP contribution in [0.3, 0.4) is 0 Å². The Morgan fingerprint density at radius 2 is 2.10 bits per heavy atom. The predicted octanol–water partition coefficient (Wildman–Crippen LogP) is 3.95. The van der Waals surface area contributed by atoms with Crippen LogP contribution < -0.4 is 10.5 Å².